The second-order valence-electron chi connectivity index (χ2n) is 5.82. The van der Waals surface area contributed by atoms with Crippen molar-refractivity contribution in [2.75, 3.05) is 21.2 Å². The highest BCUT2D eigenvalue weighted by atomic mass is 79.9. The average Bonchev–Trinajstić information content (AvgIpc) is 2.97. The van der Waals surface area contributed by atoms with Crippen molar-refractivity contribution in [1.82, 2.24) is 4.90 Å². The van der Waals surface area contributed by atoms with E-state index in [0.717, 1.165) is 9.86 Å². The molecule has 4 nitrogen and oxygen atoms in total. The van der Waals surface area contributed by atoms with Gasteiger partial charge < -0.3 is 14.1 Å². The molecule has 0 saturated heterocycles. The minimum atomic E-state index is -0.0853. The van der Waals surface area contributed by atoms with E-state index >= 15 is 0 Å². The number of benzene rings is 2. The summed E-state index contributed by atoms with van der Waals surface area (Å²) in [5.41, 5.74) is 1.79. The number of hydrogen-bond acceptors (Lipinski definition) is 4. The van der Waals surface area contributed by atoms with Gasteiger partial charge in [0.25, 0.3) is 0 Å². The fraction of sp³-hybridized carbons (Fsp3) is 0.150. The van der Waals surface area contributed by atoms with Gasteiger partial charge in [-0.15, -0.1) is 0 Å². The highest BCUT2D eigenvalue weighted by Gasteiger charge is 2.21. The van der Waals surface area contributed by atoms with Gasteiger partial charge in [0.05, 0.1) is 12.7 Å². The molecule has 0 atom stereocenters. The summed E-state index contributed by atoms with van der Waals surface area (Å²) in [6.07, 6.45) is 3.66. The number of carbonyl (C=O) groups is 1. The standard InChI is InChI=1S/C20H18BrNO3/c1-22(2)11-10-18-19(20(23)13-4-6-14(21)7-5-13)16-12-15(24-3)8-9-17(16)25-18/h4-12H,1-3H3/b11-10+. The molecule has 3 rings (SSSR count). The molecule has 0 radical (unpaired) electrons. The van der Waals surface area contributed by atoms with Crippen molar-refractivity contribution >= 4 is 38.8 Å². The molecule has 0 bridgehead atoms. The van der Waals surface area contributed by atoms with Gasteiger partial charge in [-0.2, -0.15) is 0 Å². The smallest absolute Gasteiger partial charge is 0.197 e. The molecule has 128 valence electrons. The Balaban J connectivity index is 2.19. The molecule has 2 aromatic carbocycles. The maximum Gasteiger partial charge on any atom is 0.197 e. The first-order valence-corrected chi connectivity index (χ1v) is 8.54. The average molecular weight is 400 g/mol. The lowest BCUT2D eigenvalue weighted by Gasteiger charge is -2.04. The van der Waals surface area contributed by atoms with E-state index in [1.165, 1.54) is 0 Å². The Hall–Kier alpha value is -2.53. The lowest BCUT2D eigenvalue weighted by Crippen LogP contribution is -2.03. The molecule has 25 heavy (non-hydrogen) atoms. The van der Waals surface area contributed by atoms with Gasteiger partial charge in [-0.25, -0.2) is 0 Å². The van der Waals surface area contributed by atoms with Gasteiger partial charge in [0.1, 0.15) is 17.1 Å². The number of rotatable bonds is 5. The quantitative estimate of drug-likeness (QED) is 0.568. The summed E-state index contributed by atoms with van der Waals surface area (Å²) in [5.74, 6) is 1.13. The normalized spacial score (nSPS) is 11.2. The maximum atomic E-state index is 13.1. The SMILES string of the molecule is COc1ccc2oc(/C=C/N(C)C)c(C(=O)c3ccc(Br)cc3)c2c1. The molecule has 3 aromatic rings. The maximum absolute atomic E-state index is 13.1. The van der Waals surface area contributed by atoms with Crippen molar-refractivity contribution in [3.63, 3.8) is 0 Å². The molecule has 0 aliphatic carbocycles. The van der Waals surface area contributed by atoms with Crippen LogP contribution in [0.2, 0.25) is 0 Å². The van der Waals surface area contributed by atoms with Gasteiger partial charge in [-0.1, -0.05) is 15.9 Å². The van der Waals surface area contributed by atoms with Crippen LogP contribution in [-0.2, 0) is 0 Å². The van der Waals surface area contributed by atoms with Gasteiger partial charge in [0.15, 0.2) is 5.78 Å². The van der Waals surface area contributed by atoms with Crippen molar-refractivity contribution in [2.24, 2.45) is 0 Å². The van der Waals surface area contributed by atoms with Crippen LogP contribution in [0.1, 0.15) is 21.7 Å². The Morgan fingerprint density at radius 2 is 1.88 bits per heavy atom. The van der Waals surface area contributed by atoms with Crippen LogP contribution in [-0.4, -0.2) is 31.9 Å². The lowest BCUT2D eigenvalue weighted by molar-refractivity contribution is 0.103. The molecular formula is C20H18BrNO3. The van der Waals surface area contributed by atoms with Crippen molar-refractivity contribution in [2.45, 2.75) is 0 Å². The molecule has 1 heterocycles. The van der Waals surface area contributed by atoms with E-state index in [9.17, 15) is 4.79 Å². The Bertz CT molecular complexity index is 939. The molecule has 0 saturated carbocycles. The largest absolute Gasteiger partial charge is 0.497 e. The van der Waals surface area contributed by atoms with Crippen LogP contribution in [0.15, 0.2) is 57.6 Å². The fourth-order valence-electron chi connectivity index (χ4n) is 2.54. The van der Waals surface area contributed by atoms with Crippen molar-refractivity contribution in [1.29, 1.82) is 0 Å². The first-order chi connectivity index (χ1) is 12.0. The van der Waals surface area contributed by atoms with E-state index in [-0.39, 0.29) is 5.78 Å². The van der Waals surface area contributed by atoms with Crippen molar-refractivity contribution in [3.8, 4) is 5.75 Å². The summed E-state index contributed by atoms with van der Waals surface area (Å²) >= 11 is 3.39. The van der Waals surface area contributed by atoms with Gasteiger partial charge in [0, 0.05) is 35.7 Å². The zero-order valence-electron chi connectivity index (χ0n) is 14.2. The molecule has 0 spiro atoms. The van der Waals surface area contributed by atoms with E-state index in [1.54, 1.807) is 25.3 Å². The second-order valence-corrected chi connectivity index (χ2v) is 6.73. The third kappa shape index (κ3) is 3.61. The molecule has 0 fully saturated rings. The Labute approximate surface area is 154 Å². The topological polar surface area (TPSA) is 42.7 Å². The Morgan fingerprint density at radius 1 is 1.16 bits per heavy atom. The van der Waals surface area contributed by atoms with E-state index in [4.69, 9.17) is 9.15 Å². The summed E-state index contributed by atoms with van der Waals surface area (Å²) < 4.78 is 12.1. The minimum absolute atomic E-state index is 0.0853. The van der Waals surface area contributed by atoms with Crippen LogP contribution < -0.4 is 4.74 Å². The lowest BCUT2D eigenvalue weighted by atomic mass is 10.00. The zero-order chi connectivity index (χ0) is 18.0. The summed E-state index contributed by atoms with van der Waals surface area (Å²) in [7, 11) is 5.43. The van der Waals surface area contributed by atoms with Crippen LogP contribution in [0.25, 0.3) is 17.0 Å². The molecule has 0 aliphatic heterocycles. The molecule has 0 N–H and O–H groups in total. The highest BCUT2D eigenvalue weighted by molar-refractivity contribution is 9.10. The van der Waals surface area contributed by atoms with Crippen molar-refractivity contribution in [3.05, 3.63) is 70.0 Å². The van der Waals surface area contributed by atoms with Gasteiger partial charge in [0.2, 0.25) is 0 Å². The first kappa shape index (κ1) is 17.3. The second kappa shape index (κ2) is 7.15. The molecule has 0 unspecified atom stereocenters. The number of hydrogen-bond donors (Lipinski definition) is 0. The predicted molar refractivity (Wildman–Crippen MR) is 103 cm³/mol. The predicted octanol–water partition coefficient (Wildman–Crippen LogP) is 4.97. The number of methoxy groups -OCH3 is 1. The Morgan fingerprint density at radius 3 is 2.52 bits per heavy atom. The molecule has 5 heteroatoms. The van der Waals surface area contributed by atoms with E-state index in [2.05, 4.69) is 15.9 Å². The third-order valence-corrected chi connectivity index (χ3v) is 4.31. The Kier molecular flexibility index (Phi) is 4.95. The minimum Gasteiger partial charge on any atom is -0.497 e. The molecule has 0 amide bonds. The molecular weight excluding hydrogens is 382 g/mol. The number of carbonyl (C=O) groups excluding carboxylic acids is 1. The number of ether oxygens (including phenoxy) is 1. The summed E-state index contributed by atoms with van der Waals surface area (Å²) in [5, 5.41) is 0.741. The number of furan rings is 1. The number of halogens is 1. The van der Waals surface area contributed by atoms with Crippen LogP contribution in [0.3, 0.4) is 0 Å². The summed E-state index contributed by atoms with van der Waals surface area (Å²) in [6.45, 7) is 0. The first-order valence-electron chi connectivity index (χ1n) is 7.75. The summed E-state index contributed by atoms with van der Waals surface area (Å²) in [4.78, 5) is 15.0. The molecule has 1 aromatic heterocycles. The highest BCUT2D eigenvalue weighted by Crippen LogP contribution is 2.32. The van der Waals surface area contributed by atoms with Gasteiger partial charge >= 0.3 is 0 Å². The van der Waals surface area contributed by atoms with E-state index < -0.39 is 0 Å². The number of fused-ring (bicyclic) bond motifs is 1. The van der Waals surface area contributed by atoms with Crippen LogP contribution in [0.5, 0.6) is 5.75 Å². The van der Waals surface area contributed by atoms with Gasteiger partial charge in [-0.05, 0) is 48.5 Å². The zero-order valence-corrected chi connectivity index (χ0v) is 15.8. The molecule has 0 aliphatic rings. The van der Waals surface area contributed by atoms with Crippen LogP contribution in [0, 0.1) is 0 Å². The fourth-order valence-corrected chi connectivity index (χ4v) is 2.80. The summed E-state index contributed by atoms with van der Waals surface area (Å²) in [6, 6.07) is 12.8. The van der Waals surface area contributed by atoms with Crippen molar-refractivity contribution < 1.29 is 13.9 Å². The van der Waals surface area contributed by atoms with E-state index in [0.29, 0.717) is 28.2 Å². The van der Waals surface area contributed by atoms with Crippen LogP contribution in [0.4, 0.5) is 0 Å². The number of ketones is 1. The monoisotopic (exact) mass is 399 g/mol. The third-order valence-electron chi connectivity index (χ3n) is 3.78. The van der Waals surface area contributed by atoms with E-state index in [1.807, 2.05) is 55.5 Å². The van der Waals surface area contributed by atoms with Gasteiger partial charge in [-0.3, -0.25) is 4.79 Å². The van der Waals surface area contributed by atoms with Crippen LogP contribution >= 0.6 is 15.9 Å². The number of nitrogens with zero attached hydrogens (tertiary/aromatic N) is 1.